The van der Waals surface area contributed by atoms with Gasteiger partial charge in [0.2, 0.25) is 5.91 Å². The summed E-state index contributed by atoms with van der Waals surface area (Å²) in [4.78, 5) is 27.6. The number of pyridine rings is 1. The number of rotatable bonds is 3. The number of piperidine rings is 1. The van der Waals surface area contributed by atoms with Crippen LogP contribution < -0.4 is 0 Å². The molecule has 0 saturated carbocycles. The number of hydrogen-bond acceptors (Lipinski definition) is 4. The number of likely N-dealkylation sites (tertiary alicyclic amines) is 1. The van der Waals surface area contributed by atoms with Crippen LogP contribution in [0.3, 0.4) is 0 Å². The van der Waals surface area contributed by atoms with Gasteiger partial charge in [-0.25, -0.2) is 9.97 Å². The van der Waals surface area contributed by atoms with E-state index < -0.39 is 0 Å². The number of carbonyl (C=O) groups is 1. The van der Waals surface area contributed by atoms with E-state index in [0.717, 1.165) is 47.6 Å². The Balaban J connectivity index is 1.92. The van der Waals surface area contributed by atoms with Gasteiger partial charge < -0.3 is 4.90 Å². The highest BCUT2D eigenvalue weighted by Gasteiger charge is 2.27. The van der Waals surface area contributed by atoms with Crippen LogP contribution in [-0.4, -0.2) is 38.8 Å². The number of carbonyl (C=O) groups excluding carboxylic acids is 1. The highest BCUT2D eigenvalue weighted by atomic mass is 16.2. The molecule has 0 aromatic carbocycles. The van der Waals surface area contributed by atoms with Crippen molar-refractivity contribution in [1.82, 2.24) is 19.9 Å². The van der Waals surface area contributed by atoms with Gasteiger partial charge in [0, 0.05) is 49.2 Å². The van der Waals surface area contributed by atoms with Gasteiger partial charge in [-0.05, 0) is 51.3 Å². The molecule has 0 radical (unpaired) electrons. The zero-order valence-electron chi connectivity index (χ0n) is 15.1. The number of aryl methyl sites for hydroxylation is 1. The van der Waals surface area contributed by atoms with Crippen molar-refractivity contribution in [3.63, 3.8) is 0 Å². The average Bonchev–Trinajstić information content (AvgIpc) is 2.62. The zero-order chi connectivity index (χ0) is 17.8. The molecule has 3 rings (SSSR count). The summed E-state index contributed by atoms with van der Waals surface area (Å²) in [5.74, 6) is 1.09. The van der Waals surface area contributed by atoms with Crippen LogP contribution in [0.25, 0.3) is 11.1 Å². The molecule has 1 fully saturated rings. The summed E-state index contributed by atoms with van der Waals surface area (Å²) in [7, 11) is 0. The van der Waals surface area contributed by atoms with Crippen molar-refractivity contribution in [2.75, 3.05) is 13.1 Å². The normalized spacial score (nSPS) is 17.2. The minimum atomic E-state index is 0.0981. The maximum atomic E-state index is 12.4. The predicted octanol–water partition coefficient (Wildman–Crippen LogP) is 3.52. The second-order valence-corrected chi connectivity index (χ2v) is 6.80. The van der Waals surface area contributed by atoms with Crippen molar-refractivity contribution in [2.45, 2.75) is 39.5 Å². The molecule has 5 heteroatoms. The SMILES string of the molecule is CC(C)=CC(=O)N1CCCC(c2nc(C)ncc2-c2ccncc2)C1. The number of allylic oxidation sites excluding steroid dienone is 1. The minimum Gasteiger partial charge on any atom is -0.338 e. The molecule has 25 heavy (non-hydrogen) atoms. The maximum absolute atomic E-state index is 12.4. The van der Waals surface area contributed by atoms with Gasteiger partial charge in [0.1, 0.15) is 5.82 Å². The molecule has 2 aromatic heterocycles. The zero-order valence-corrected chi connectivity index (χ0v) is 15.1. The molecule has 1 amide bonds. The number of nitrogens with zero attached hydrogens (tertiary/aromatic N) is 4. The van der Waals surface area contributed by atoms with E-state index in [1.165, 1.54) is 0 Å². The lowest BCUT2D eigenvalue weighted by atomic mass is 9.90. The van der Waals surface area contributed by atoms with Crippen LogP contribution in [0.15, 0.2) is 42.4 Å². The first-order valence-electron chi connectivity index (χ1n) is 8.72. The molecule has 0 bridgehead atoms. The molecule has 0 N–H and O–H groups in total. The van der Waals surface area contributed by atoms with Gasteiger partial charge in [-0.2, -0.15) is 0 Å². The van der Waals surface area contributed by atoms with E-state index >= 15 is 0 Å². The quantitative estimate of drug-likeness (QED) is 0.805. The van der Waals surface area contributed by atoms with Gasteiger partial charge in [0.15, 0.2) is 0 Å². The lowest BCUT2D eigenvalue weighted by molar-refractivity contribution is -0.127. The fraction of sp³-hybridized carbons (Fsp3) is 0.400. The van der Waals surface area contributed by atoms with Gasteiger partial charge in [-0.3, -0.25) is 9.78 Å². The van der Waals surface area contributed by atoms with Crippen LogP contribution in [-0.2, 0) is 4.79 Å². The first-order chi connectivity index (χ1) is 12.0. The fourth-order valence-corrected chi connectivity index (χ4v) is 3.29. The average molecular weight is 336 g/mol. The predicted molar refractivity (Wildman–Crippen MR) is 98.0 cm³/mol. The van der Waals surface area contributed by atoms with E-state index in [9.17, 15) is 4.79 Å². The van der Waals surface area contributed by atoms with E-state index in [-0.39, 0.29) is 11.8 Å². The monoisotopic (exact) mass is 336 g/mol. The van der Waals surface area contributed by atoms with Crippen LogP contribution in [0, 0.1) is 6.92 Å². The van der Waals surface area contributed by atoms with Crippen LogP contribution in [0.4, 0.5) is 0 Å². The fourth-order valence-electron chi connectivity index (χ4n) is 3.29. The van der Waals surface area contributed by atoms with E-state index in [4.69, 9.17) is 4.98 Å². The second-order valence-electron chi connectivity index (χ2n) is 6.80. The Morgan fingerprint density at radius 3 is 2.76 bits per heavy atom. The molecule has 1 unspecified atom stereocenters. The van der Waals surface area contributed by atoms with Crippen LogP contribution in [0.5, 0.6) is 0 Å². The third kappa shape index (κ3) is 4.10. The van der Waals surface area contributed by atoms with Crippen molar-refractivity contribution < 1.29 is 4.79 Å². The van der Waals surface area contributed by atoms with Crippen molar-refractivity contribution >= 4 is 5.91 Å². The van der Waals surface area contributed by atoms with Gasteiger partial charge in [0.25, 0.3) is 0 Å². The molecule has 2 aromatic rings. The Morgan fingerprint density at radius 1 is 1.28 bits per heavy atom. The largest absolute Gasteiger partial charge is 0.338 e. The van der Waals surface area contributed by atoms with E-state index in [0.29, 0.717) is 6.54 Å². The highest BCUT2D eigenvalue weighted by Crippen LogP contribution is 2.32. The molecule has 130 valence electrons. The maximum Gasteiger partial charge on any atom is 0.246 e. The number of amides is 1. The Labute approximate surface area is 148 Å². The van der Waals surface area contributed by atoms with Crippen LogP contribution in [0.2, 0.25) is 0 Å². The van der Waals surface area contributed by atoms with Gasteiger partial charge >= 0.3 is 0 Å². The molecule has 0 aliphatic carbocycles. The van der Waals surface area contributed by atoms with Crippen molar-refractivity contribution in [1.29, 1.82) is 0 Å². The van der Waals surface area contributed by atoms with Crippen LogP contribution in [0.1, 0.15) is 44.1 Å². The van der Waals surface area contributed by atoms with E-state index in [1.54, 1.807) is 18.5 Å². The molecule has 0 spiro atoms. The molecular weight excluding hydrogens is 312 g/mol. The smallest absolute Gasteiger partial charge is 0.246 e. The third-order valence-corrected chi connectivity index (χ3v) is 4.46. The minimum absolute atomic E-state index is 0.0981. The number of hydrogen-bond donors (Lipinski definition) is 0. The van der Waals surface area contributed by atoms with Gasteiger partial charge in [-0.1, -0.05) is 5.57 Å². The summed E-state index contributed by atoms with van der Waals surface area (Å²) in [6.07, 6.45) is 9.20. The Bertz CT molecular complexity index is 782. The first kappa shape index (κ1) is 17.3. The lowest BCUT2D eigenvalue weighted by Crippen LogP contribution is -2.38. The molecule has 1 aliphatic heterocycles. The Kier molecular flexibility index (Phi) is 5.22. The lowest BCUT2D eigenvalue weighted by Gasteiger charge is -2.32. The van der Waals surface area contributed by atoms with Crippen molar-refractivity contribution in [2.24, 2.45) is 0 Å². The third-order valence-electron chi connectivity index (χ3n) is 4.46. The molecule has 1 aliphatic rings. The summed E-state index contributed by atoms with van der Waals surface area (Å²) < 4.78 is 0. The standard InChI is InChI=1S/C20H24N4O/c1-14(2)11-19(25)24-10-4-5-17(13-24)20-18(12-22-15(3)23-20)16-6-8-21-9-7-16/h6-9,11-12,17H,4-5,10,13H2,1-3H3. The topological polar surface area (TPSA) is 59.0 Å². The molecule has 1 saturated heterocycles. The summed E-state index contributed by atoms with van der Waals surface area (Å²) in [5.41, 5.74) is 4.17. The molecular formula is C20H24N4O. The molecule has 5 nitrogen and oxygen atoms in total. The van der Waals surface area contributed by atoms with Gasteiger partial charge in [-0.15, -0.1) is 0 Å². The van der Waals surface area contributed by atoms with E-state index in [1.807, 2.05) is 44.0 Å². The Morgan fingerprint density at radius 2 is 2.04 bits per heavy atom. The molecule has 1 atom stereocenters. The summed E-state index contributed by atoms with van der Waals surface area (Å²) in [6, 6.07) is 3.96. The molecule has 3 heterocycles. The van der Waals surface area contributed by atoms with Crippen LogP contribution >= 0.6 is 0 Å². The summed E-state index contributed by atoms with van der Waals surface area (Å²) in [6.45, 7) is 7.34. The van der Waals surface area contributed by atoms with Crippen molar-refractivity contribution in [3.05, 3.63) is 53.9 Å². The van der Waals surface area contributed by atoms with E-state index in [2.05, 4.69) is 9.97 Å². The second kappa shape index (κ2) is 7.55. The number of aromatic nitrogens is 3. The van der Waals surface area contributed by atoms with Gasteiger partial charge in [0.05, 0.1) is 5.69 Å². The summed E-state index contributed by atoms with van der Waals surface area (Å²) >= 11 is 0. The summed E-state index contributed by atoms with van der Waals surface area (Å²) in [5, 5.41) is 0. The first-order valence-corrected chi connectivity index (χ1v) is 8.72. The Hall–Kier alpha value is -2.56. The highest BCUT2D eigenvalue weighted by molar-refractivity contribution is 5.88. The van der Waals surface area contributed by atoms with Crippen molar-refractivity contribution in [3.8, 4) is 11.1 Å².